The van der Waals surface area contributed by atoms with Crippen LogP contribution < -0.4 is 10.1 Å². The van der Waals surface area contributed by atoms with Crippen LogP contribution in [0, 0.1) is 13.8 Å². The molecule has 25 heavy (non-hydrogen) atoms. The van der Waals surface area contributed by atoms with Gasteiger partial charge in [0.25, 0.3) is 5.91 Å². The summed E-state index contributed by atoms with van der Waals surface area (Å²) in [5, 5.41) is 6.07. The van der Waals surface area contributed by atoms with Gasteiger partial charge in [-0.15, -0.1) is 0 Å². The number of nitrogens with one attached hydrogen (secondary N) is 1. The third-order valence-electron chi connectivity index (χ3n) is 3.48. The lowest BCUT2D eigenvalue weighted by Gasteiger charge is -2.12. The summed E-state index contributed by atoms with van der Waals surface area (Å²) >= 11 is 0. The van der Waals surface area contributed by atoms with Crippen LogP contribution in [0.15, 0.2) is 28.8 Å². The van der Waals surface area contributed by atoms with Gasteiger partial charge < -0.3 is 19.3 Å². The lowest BCUT2D eigenvalue weighted by atomic mass is 9.98. The van der Waals surface area contributed by atoms with Gasteiger partial charge in [0, 0.05) is 6.07 Å². The average molecular weight is 346 g/mol. The van der Waals surface area contributed by atoms with Gasteiger partial charge in [-0.3, -0.25) is 4.79 Å². The lowest BCUT2D eigenvalue weighted by Crippen LogP contribution is -2.23. The van der Waals surface area contributed by atoms with Crippen LogP contribution in [0.25, 0.3) is 0 Å². The second kappa shape index (κ2) is 8.32. The number of amides is 1. The van der Waals surface area contributed by atoms with Gasteiger partial charge in [-0.05, 0) is 43.0 Å². The van der Waals surface area contributed by atoms with Crippen molar-refractivity contribution < 1.29 is 23.6 Å². The molecule has 0 aliphatic carbocycles. The summed E-state index contributed by atoms with van der Waals surface area (Å²) in [6.07, 6.45) is 0. The van der Waals surface area contributed by atoms with Crippen molar-refractivity contribution in [3.05, 3.63) is 41.2 Å². The summed E-state index contributed by atoms with van der Waals surface area (Å²) in [5.74, 6) is 0.721. The lowest BCUT2D eigenvalue weighted by molar-refractivity contribution is -0.149. The predicted octanol–water partition coefficient (Wildman–Crippen LogP) is 2.98. The number of anilines is 1. The normalized spacial score (nSPS) is 10.6. The van der Waals surface area contributed by atoms with Gasteiger partial charge in [-0.2, -0.15) is 0 Å². The third kappa shape index (κ3) is 5.63. The maximum atomic E-state index is 11.7. The Kier molecular flexibility index (Phi) is 6.16. The Hall–Kier alpha value is -2.83. The number of ether oxygens (including phenoxy) is 2. The van der Waals surface area contributed by atoms with Crippen molar-refractivity contribution in [1.82, 2.24) is 5.16 Å². The van der Waals surface area contributed by atoms with E-state index in [-0.39, 0.29) is 12.4 Å². The number of hydrogen-bond donors (Lipinski definition) is 1. The van der Waals surface area contributed by atoms with Crippen LogP contribution in [-0.4, -0.2) is 30.2 Å². The molecule has 2 rings (SSSR count). The first-order chi connectivity index (χ1) is 11.8. The Morgan fingerprint density at radius 2 is 1.96 bits per heavy atom. The smallest absolute Gasteiger partial charge is 0.344 e. The zero-order valence-electron chi connectivity index (χ0n) is 14.8. The highest BCUT2D eigenvalue weighted by molar-refractivity contribution is 5.91. The Morgan fingerprint density at radius 1 is 1.20 bits per heavy atom. The van der Waals surface area contributed by atoms with Crippen LogP contribution in [-0.2, 0) is 14.3 Å². The molecule has 1 aromatic heterocycles. The first kappa shape index (κ1) is 18.5. The standard InChI is InChI=1S/C18H22N2O5/c1-11(2)15-6-5-14(7-12(15)3)23-10-18(22)24-9-17(21)19-16-8-13(4)25-20-16/h5-8,11H,9-10H2,1-4H3,(H,19,20,21). The number of aromatic nitrogens is 1. The molecule has 0 bridgehead atoms. The molecule has 0 radical (unpaired) electrons. The number of rotatable bonds is 7. The van der Waals surface area contributed by atoms with Crippen LogP contribution in [0.3, 0.4) is 0 Å². The van der Waals surface area contributed by atoms with Crippen molar-refractivity contribution in [2.75, 3.05) is 18.5 Å². The summed E-state index contributed by atoms with van der Waals surface area (Å²) in [7, 11) is 0. The molecule has 0 aliphatic heterocycles. The number of carbonyl (C=O) groups excluding carboxylic acids is 2. The summed E-state index contributed by atoms with van der Waals surface area (Å²) in [6.45, 7) is 7.25. The molecule has 0 spiro atoms. The van der Waals surface area contributed by atoms with E-state index in [4.69, 9.17) is 14.0 Å². The van der Waals surface area contributed by atoms with E-state index in [1.807, 2.05) is 25.1 Å². The molecule has 7 heteroatoms. The molecule has 1 N–H and O–H groups in total. The highest BCUT2D eigenvalue weighted by atomic mass is 16.6. The Bertz CT molecular complexity index is 752. The largest absolute Gasteiger partial charge is 0.482 e. The zero-order chi connectivity index (χ0) is 18.4. The molecule has 0 atom stereocenters. The SMILES string of the molecule is Cc1cc(NC(=O)COC(=O)COc2ccc(C(C)C)c(C)c2)no1. The number of esters is 1. The topological polar surface area (TPSA) is 90.7 Å². The molecular weight excluding hydrogens is 324 g/mol. The van der Waals surface area contributed by atoms with E-state index < -0.39 is 18.5 Å². The number of carbonyl (C=O) groups is 2. The minimum atomic E-state index is -0.628. The molecular formula is C18H22N2O5. The molecule has 0 unspecified atom stereocenters. The van der Waals surface area contributed by atoms with Crippen LogP contribution in [0.2, 0.25) is 0 Å². The minimum absolute atomic E-state index is 0.267. The van der Waals surface area contributed by atoms with Gasteiger partial charge in [-0.1, -0.05) is 25.1 Å². The zero-order valence-corrected chi connectivity index (χ0v) is 14.8. The van der Waals surface area contributed by atoms with E-state index in [0.29, 0.717) is 17.4 Å². The fraction of sp³-hybridized carbons (Fsp3) is 0.389. The Labute approximate surface area is 146 Å². The molecule has 1 aromatic carbocycles. The fourth-order valence-corrected chi connectivity index (χ4v) is 2.32. The molecule has 1 heterocycles. The monoisotopic (exact) mass is 346 g/mol. The number of nitrogens with zero attached hydrogens (tertiary/aromatic N) is 1. The summed E-state index contributed by atoms with van der Waals surface area (Å²) in [6, 6.07) is 7.23. The molecule has 2 aromatic rings. The van der Waals surface area contributed by atoms with E-state index in [1.165, 1.54) is 5.56 Å². The first-order valence-electron chi connectivity index (χ1n) is 7.97. The van der Waals surface area contributed by atoms with Gasteiger partial charge in [0.1, 0.15) is 11.5 Å². The molecule has 0 aliphatic rings. The van der Waals surface area contributed by atoms with Gasteiger partial charge in [0.2, 0.25) is 0 Å². The van der Waals surface area contributed by atoms with Crippen molar-refractivity contribution in [2.45, 2.75) is 33.6 Å². The van der Waals surface area contributed by atoms with Crippen LogP contribution in [0.1, 0.15) is 36.7 Å². The van der Waals surface area contributed by atoms with Gasteiger partial charge >= 0.3 is 5.97 Å². The fourth-order valence-electron chi connectivity index (χ4n) is 2.32. The second-order valence-electron chi connectivity index (χ2n) is 5.99. The number of benzene rings is 1. The summed E-state index contributed by atoms with van der Waals surface area (Å²) < 4.78 is 15.1. The third-order valence-corrected chi connectivity index (χ3v) is 3.48. The maximum Gasteiger partial charge on any atom is 0.344 e. The molecule has 0 saturated carbocycles. The van der Waals surface area contributed by atoms with Crippen molar-refractivity contribution in [3.63, 3.8) is 0 Å². The van der Waals surface area contributed by atoms with Crippen molar-refractivity contribution in [3.8, 4) is 5.75 Å². The second-order valence-corrected chi connectivity index (χ2v) is 5.99. The van der Waals surface area contributed by atoms with Gasteiger partial charge in [-0.25, -0.2) is 4.79 Å². The molecule has 1 amide bonds. The van der Waals surface area contributed by atoms with E-state index >= 15 is 0 Å². The molecule has 7 nitrogen and oxygen atoms in total. The van der Waals surface area contributed by atoms with E-state index in [1.54, 1.807) is 13.0 Å². The quantitative estimate of drug-likeness (QED) is 0.775. The van der Waals surface area contributed by atoms with Crippen molar-refractivity contribution in [2.24, 2.45) is 0 Å². The molecule has 0 saturated heterocycles. The van der Waals surface area contributed by atoms with E-state index in [9.17, 15) is 9.59 Å². The highest BCUT2D eigenvalue weighted by Gasteiger charge is 2.11. The van der Waals surface area contributed by atoms with Gasteiger partial charge in [0.15, 0.2) is 19.0 Å². The first-order valence-corrected chi connectivity index (χ1v) is 7.97. The summed E-state index contributed by atoms with van der Waals surface area (Å²) in [4.78, 5) is 23.3. The maximum absolute atomic E-state index is 11.7. The van der Waals surface area contributed by atoms with Crippen LogP contribution >= 0.6 is 0 Å². The van der Waals surface area contributed by atoms with Crippen molar-refractivity contribution >= 4 is 17.7 Å². The molecule has 134 valence electrons. The average Bonchev–Trinajstić information content (AvgIpc) is 2.95. The summed E-state index contributed by atoms with van der Waals surface area (Å²) in [5.41, 5.74) is 2.33. The van der Waals surface area contributed by atoms with Crippen LogP contribution in [0.5, 0.6) is 5.75 Å². The Morgan fingerprint density at radius 3 is 2.56 bits per heavy atom. The number of hydrogen-bond acceptors (Lipinski definition) is 6. The molecule has 0 fully saturated rings. The van der Waals surface area contributed by atoms with E-state index in [0.717, 1.165) is 5.56 Å². The van der Waals surface area contributed by atoms with Gasteiger partial charge in [0.05, 0.1) is 0 Å². The number of aryl methyl sites for hydroxylation is 2. The van der Waals surface area contributed by atoms with Crippen molar-refractivity contribution in [1.29, 1.82) is 0 Å². The van der Waals surface area contributed by atoms with E-state index in [2.05, 4.69) is 24.3 Å². The highest BCUT2D eigenvalue weighted by Crippen LogP contribution is 2.23. The Balaban J connectivity index is 1.75. The predicted molar refractivity (Wildman–Crippen MR) is 91.6 cm³/mol. The minimum Gasteiger partial charge on any atom is -0.482 e. The van der Waals surface area contributed by atoms with Crippen LogP contribution in [0.4, 0.5) is 5.82 Å².